The highest BCUT2D eigenvalue weighted by Gasteiger charge is 2.24. The minimum atomic E-state index is -0.336. The van der Waals surface area contributed by atoms with Gasteiger partial charge in [-0.3, -0.25) is 14.2 Å². The van der Waals surface area contributed by atoms with E-state index < -0.39 is 0 Å². The lowest BCUT2D eigenvalue weighted by Gasteiger charge is -2.27. The van der Waals surface area contributed by atoms with E-state index in [1.165, 1.54) is 11.8 Å². The Morgan fingerprint density at radius 1 is 1.09 bits per heavy atom. The largest absolute Gasteiger partial charge is 0.486 e. The first-order valence-corrected chi connectivity index (χ1v) is 12.0. The number of fused-ring (bicyclic) bond motifs is 2. The third kappa shape index (κ3) is 4.46. The van der Waals surface area contributed by atoms with Gasteiger partial charge in [-0.05, 0) is 37.1 Å². The molecule has 2 heterocycles. The number of nitrogens with one attached hydrogen (secondary N) is 1. The van der Waals surface area contributed by atoms with Gasteiger partial charge < -0.3 is 14.8 Å². The lowest BCUT2D eigenvalue weighted by atomic mass is 10.2. The summed E-state index contributed by atoms with van der Waals surface area (Å²) < 4.78 is 13.5. The van der Waals surface area contributed by atoms with Crippen LogP contribution >= 0.6 is 11.8 Å². The fraction of sp³-hybridized carbons (Fsp3) is 0.375. The fourth-order valence-corrected chi connectivity index (χ4v) is 5.06. The summed E-state index contributed by atoms with van der Waals surface area (Å²) in [6.45, 7) is 0.625. The van der Waals surface area contributed by atoms with Crippen molar-refractivity contribution in [3.05, 3.63) is 58.9 Å². The van der Waals surface area contributed by atoms with Crippen LogP contribution in [0.15, 0.2) is 58.5 Å². The molecule has 0 spiro atoms. The van der Waals surface area contributed by atoms with Gasteiger partial charge in [-0.15, -0.1) is 0 Å². The summed E-state index contributed by atoms with van der Waals surface area (Å²) in [5.74, 6) is 1.55. The highest BCUT2D eigenvalue weighted by atomic mass is 32.2. The van der Waals surface area contributed by atoms with Crippen LogP contribution < -0.4 is 20.3 Å². The number of ether oxygens (including phenoxy) is 2. The van der Waals surface area contributed by atoms with Gasteiger partial charge in [0.05, 0.1) is 23.2 Å². The maximum atomic E-state index is 13.3. The first kappa shape index (κ1) is 20.9. The number of amides is 1. The van der Waals surface area contributed by atoms with Crippen LogP contribution in [0.1, 0.15) is 25.7 Å². The van der Waals surface area contributed by atoms with Crippen molar-refractivity contribution in [1.29, 1.82) is 0 Å². The number of thioether (sulfide) groups is 1. The summed E-state index contributed by atoms with van der Waals surface area (Å²) in [6.07, 6.45) is 4.07. The topological polar surface area (TPSA) is 82.5 Å². The quantitative estimate of drug-likeness (QED) is 0.457. The molecule has 1 fully saturated rings. The number of hydrogen-bond donors (Lipinski definition) is 1. The minimum absolute atomic E-state index is 0.0259. The molecule has 1 aliphatic carbocycles. The van der Waals surface area contributed by atoms with E-state index in [2.05, 4.69) is 5.32 Å². The van der Waals surface area contributed by atoms with Gasteiger partial charge in [0.2, 0.25) is 5.91 Å². The summed E-state index contributed by atoms with van der Waals surface area (Å²) in [4.78, 5) is 30.5. The Kier molecular flexibility index (Phi) is 6.03. The Bertz CT molecular complexity index is 1190. The molecule has 1 N–H and O–H groups in total. The highest BCUT2D eigenvalue weighted by molar-refractivity contribution is 7.99. The molecule has 0 bridgehead atoms. The first-order valence-electron chi connectivity index (χ1n) is 11.0. The van der Waals surface area contributed by atoms with E-state index in [9.17, 15) is 9.59 Å². The molecule has 32 heavy (non-hydrogen) atoms. The zero-order chi connectivity index (χ0) is 21.9. The van der Waals surface area contributed by atoms with Crippen LogP contribution in [0.4, 0.5) is 0 Å². The van der Waals surface area contributed by atoms with Gasteiger partial charge in [0, 0.05) is 6.04 Å². The van der Waals surface area contributed by atoms with E-state index in [0.717, 1.165) is 25.7 Å². The number of nitrogens with zero attached hydrogens (tertiary/aromatic N) is 2. The molecule has 166 valence electrons. The maximum Gasteiger partial charge on any atom is 0.262 e. The molecule has 1 saturated carbocycles. The minimum Gasteiger partial charge on any atom is -0.486 e. The van der Waals surface area contributed by atoms with E-state index in [1.807, 2.05) is 42.5 Å². The van der Waals surface area contributed by atoms with Crippen molar-refractivity contribution in [3.63, 3.8) is 0 Å². The second kappa shape index (κ2) is 9.24. The summed E-state index contributed by atoms with van der Waals surface area (Å²) in [5.41, 5.74) is 0.482. The van der Waals surface area contributed by atoms with Crippen LogP contribution in [0.2, 0.25) is 0 Å². The van der Waals surface area contributed by atoms with E-state index in [-0.39, 0.29) is 35.9 Å². The Hall–Kier alpha value is -3.00. The Balaban J connectivity index is 1.38. The van der Waals surface area contributed by atoms with Gasteiger partial charge >= 0.3 is 0 Å². The molecule has 1 aromatic heterocycles. The molecule has 1 atom stereocenters. The lowest BCUT2D eigenvalue weighted by molar-refractivity contribution is -0.119. The summed E-state index contributed by atoms with van der Waals surface area (Å²) in [6, 6.07) is 15.0. The Morgan fingerprint density at radius 3 is 2.69 bits per heavy atom. The lowest BCUT2D eigenvalue weighted by Crippen LogP contribution is -2.38. The van der Waals surface area contributed by atoms with Crippen molar-refractivity contribution in [1.82, 2.24) is 14.9 Å². The molecule has 2 aliphatic rings. The number of para-hydroxylation sites is 3. The number of carbonyl (C=O) groups excluding carboxylic acids is 1. The maximum absolute atomic E-state index is 13.3. The summed E-state index contributed by atoms with van der Waals surface area (Å²) in [7, 11) is 0. The predicted molar refractivity (Wildman–Crippen MR) is 123 cm³/mol. The smallest absolute Gasteiger partial charge is 0.262 e. The van der Waals surface area contributed by atoms with E-state index in [4.69, 9.17) is 14.5 Å². The molecule has 2 aromatic carbocycles. The summed E-state index contributed by atoms with van der Waals surface area (Å²) >= 11 is 1.29. The van der Waals surface area contributed by atoms with Crippen LogP contribution in [-0.4, -0.2) is 40.0 Å². The van der Waals surface area contributed by atoms with Crippen LogP contribution in [0, 0.1) is 0 Å². The van der Waals surface area contributed by atoms with E-state index >= 15 is 0 Å². The standard InChI is InChI=1S/C24H25N3O4S/c28-22(25-16-7-1-2-8-16)15-32-24-26-19-10-4-3-9-18(19)23(29)27(24)13-17-14-30-20-11-5-6-12-21(20)31-17/h3-6,9-12,16-17H,1-2,7-8,13-15H2,(H,25,28)/t17-/m0/s1. The molecule has 1 aliphatic heterocycles. The molecular formula is C24H25N3O4S. The van der Waals surface area contributed by atoms with E-state index in [0.29, 0.717) is 34.2 Å². The van der Waals surface area contributed by atoms with Gasteiger partial charge in [-0.1, -0.05) is 48.9 Å². The third-order valence-electron chi connectivity index (χ3n) is 5.83. The zero-order valence-corrected chi connectivity index (χ0v) is 18.5. The predicted octanol–water partition coefficient (Wildman–Crippen LogP) is 3.39. The second-order valence-electron chi connectivity index (χ2n) is 8.16. The second-order valence-corrected chi connectivity index (χ2v) is 9.10. The van der Waals surface area contributed by atoms with Crippen molar-refractivity contribution >= 4 is 28.6 Å². The molecule has 5 rings (SSSR count). The molecular weight excluding hydrogens is 426 g/mol. The summed E-state index contributed by atoms with van der Waals surface area (Å²) in [5, 5.41) is 4.15. The van der Waals surface area contributed by atoms with Crippen molar-refractivity contribution in [2.24, 2.45) is 0 Å². The van der Waals surface area contributed by atoms with Crippen molar-refractivity contribution in [2.75, 3.05) is 12.4 Å². The number of rotatable bonds is 6. The number of hydrogen-bond acceptors (Lipinski definition) is 6. The molecule has 0 saturated heterocycles. The molecule has 7 nitrogen and oxygen atoms in total. The van der Waals surface area contributed by atoms with Crippen LogP contribution in [0.5, 0.6) is 11.5 Å². The average Bonchev–Trinajstić information content (AvgIpc) is 3.33. The molecule has 3 aromatic rings. The molecule has 8 heteroatoms. The van der Waals surface area contributed by atoms with Crippen LogP contribution in [0.3, 0.4) is 0 Å². The van der Waals surface area contributed by atoms with Gasteiger partial charge in [0.1, 0.15) is 6.61 Å². The van der Waals surface area contributed by atoms with Crippen LogP contribution in [-0.2, 0) is 11.3 Å². The monoisotopic (exact) mass is 451 g/mol. The third-order valence-corrected chi connectivity index (χ3v) is 6.81. The van der Waals surface area contributed by atoms with Gasteiger partial charge in [0.25, 0.3) is 5.56 Å². The Labute approximate surface area is 190 Å². The SMILES string of the molecule is O=C(CSc1nc2ccccc2c(=O)n1C[C@H]1COc2ccccc2O1)NC1CCCC1. The average molecular weight is 452 g/mol. The number of aromatic nitrogens is 2. The number of benzene rings is 2. The van der Waals surface area contributed by atoms with E-state index in [1.54, 1.807) is 10.6 Å². The van der Waals surface area contributed by atoms with Crippen molar-refractivity contribution < 1.29 is 14.3 Å². The van der Waals surface area contributed by atoms with Crippen molar-refractivity contribution in [2.45, 2.75) is 49.5 Å². The Morgan fingerprint density at radius 2 is 1.84 bits per heavy atom. The van der Waals surface area contributed by atoms with Crippen molar-refractivity contribution in [3.8, 4) is 11.5 Å². The van der Waals surface area contributed by atoms with Crippen LogP contribution in [0.25, 0.3) is 10.9 Å². The van der Waals surface area contributed by atoms with Gasteiger partial charge in [-0.2, -0.15) is 0 Å². The molecule has 0 radical (unpaired) electrons. The van der Waals surface area contributed by atoms with Gasteiger partial charge in [-0.25, -0.2) is 4.98 Å². The molecule has 0 unspecified atom stereocenters. The fourth-order valence-electron chi connectivity index (χ4n) is 4.25. The number of carbonyl (C=O) groups is 1. The first-order chi connectivity index (χ1) is 15.7. The molecule has 1 amide bonds. The highest BCUT2D eigenvalue weighted by Crippen LogP contribution is 2.31. The zero-order valence-electron chi connectivity index (χ0n) is 17.7. The normalized spacial score (nSPS) is 18.1. The van der Waals surface area contributed by atoms with Gasteiger partial charge in [0.15, 0.2) is 22.8 Å².